The summed E-state index contributed by atoms with van der Waals surface area (Å²) in [5.74, 6) is 0. The first kappa shape index (κ1) is 14.0. The van der Waals surface area contributed by atoms with Crippen molar-refractivity contribution >= 4 is 27.0 Å². The third kappa shape index (κ3) is 3.52. The van der Waals surface area contributed by atoms with Crippen molar-refractivity contribution < 1.29 is 8.42 Å². The van der Waals surface area contributed by atoms with Gasteiger partial charge in [-0.1, -0.05) is 6.07 Å². The van der Waals surface area contributed by atoms with Gasteiger partial charge in [0.2, 0.25) is 10.0 Å². The van der Waals surface area contributed by atoms with Crippen LogP contribution in [-0.2, 0) is 16.4 Å². The van der Waals surface area contributed by atoms with Crippen LogP contribution in [-0.4, -0.2) is 19.9 Å². The lowest BCUT2D eigenvalue weighted by atomic mass is 10.2. The summed E-state index contributed by atoms with van der Waals surface area (Å²) in [6.45, 7) is 2.16. The molecule has 0 aliphatic carbocycles. The molecule has 5 nitrogen and oxygen atoms in total. The van der Waals surface area contributed by atoms with Crippen molar-refractivity contribution in [2.75, 3.05) is 12.3 Å². The zero-order chi connectivity index (χ0) is 13.9. The largest absolute Gasteiger partial charge is 0.398 e. The second-order valence-electron chi connectivity index (χ2n) is 4.09. The molecular weight excluding hydrogens is 282 g/mol. The number of rotatable bonds is 5. The van der Waals surface area contributed by atoms with Crippen LogP contribution in [0.2, 0.25) is 0 Å². The number of benzene rings is 1. The standard InChI is InChI=1S/C12H15N3O2S2/c1-9-2-3-10(8-11(9)13)19(16,17)15-5-4-12-14-6-7-18-12/h2-3,6-8,15H,4-5,13H2,1H3. The molecule has 3 N–H and O–H groups in total. The van der Waals surface area contributed by atoms with E-state index in [1.54, 1.807) is 18.3 Å². The van der Waals surface area contributed by atoms with E-state index in [4.69, 9.17) is 5.73 Å². The number of nitrogen functional groups attached to an aromatic ring is 1. The second-order valence-corrected chi connectivity index (χ2v) is 6.84. The third-order valence-electron chi connectivity index (χ3n) is 2.68. The fourth-order valence-corrected chi connectivity index (χ4v) is 3.23. The van der Waals surface area contributed by atoms with Crippen LogP contribution in [0.15, 0.2) is 34.7 Å². The van der Waals surface area contributed by atoms with Crippen molar-refractivity contribution in [3.8, 4) is 0 Å². The summed E-state index contributed by atoms with van der Waals surface area (Å²) in [5, 5.41) is 2.77. The zero-order valence-electron chi connectivity index (χ0n) is 10.5. The minimum atomic E-state index is -3.51. The highest BCUT2D eigenvalue weighted by molar-refractivity contribution is 7.89. The number of hydrogen-bond donors (Lipinski definition) is 2. The number of thiazole rings is 1. The molecule has 0 saturated carbocycles. The van der Waals surface area contributed by atoms with Gasteiger partial charge in [-0.25, -0.2) is 18.1 Å². The first-order valence-corrected chi connectivity index (χ1v) is 8.09. The van der Waals surface area contributed by atoms with Crippen LogP contribution in [0.1, 0.15) is 10.6 Å². The van der Waals surface area contributed by atoms with Crippen LogP contribution in [0, 0.1) is 6.92 Å². The number of aryl methyl sites for hydroxylation is 1. The van der Waals surface area contributed by atoms with Crippen LogP contribution in [0.3, 0.4) is 0 Å². The Bertz CT molecular complexity index is 652. The average molecular weight is 297 g/mol. The molecular formula is C12H15N3O2S2. The van der Waals surface area contributed by atoms with Gasteiger partial charge in [0.25, 0.3) is 0 Å². The molecule has 2 aromatic rings. The molecule has 2 rings (SSSR count). The second kappa shape index (κ2) is 5.68. The monoisotopic (exact) mass is 297 g/mol. The molecule has 0 radical (unpaired) electrons. The molecule has 0 amide bonds. The summed E-state index contributed by atoms with van der Waals surface area (Å²) in [6.07, 6.45) is 2.29. The molecule has 0 saturated heterocycles. The highest BCUT2D eigenvalue weighted by atomic mass is 32.2. The lowest BCUT2D eigenvalue weighted by molar-refractivity contribution is 0.581. The van der Waals surface area contributed by atoms with Gasteiger partial charge in [0.1, 0.15) is 0 Å². The first-order valence-electron chi connectivity index (χ1n) is 5.73. The van der Waals surface area contributed by atoms with E-state index in [1.807, 2.05) is 12.3 Å². The van der Waals surface area contributed by atoms with Crippen LogP contribution in [0.25, 0.3) is 0 Å². The highest BCUT2D eigenvalue weighted by Crippen LogP contribution is 2.17. The molecule has 1 aromatic carbocycles. The van der Waals surface area contributed by atoms with Crippen molar-refractivity contribution in [1.82, 2.24) is 9.71 Å². The number of aromatic nitrogens is 1. The Balaban J connectivity index is 2.03. The molecule has 0 aliphatic rings. The minimum Gasteiger partial charge on any atom is -0.398 e. The van der Waals surface area contributed by atoms with Crippen molar-refractivity contribution in [2.24, 2.45) is 0 Å². The lowest BCUT2D eigenvalue weighted by Gasteiger charge is -2.07. The highest BCUT2D eigenvalue weighted by Gasteiger charge is 2.14. The summed E-state index contributed by atoms with van der Waals surface area (Å²) in [5.41, 5.74) is 7.06. The molecule has 0 fully saturated rings. The molecule has 102 valence electrons. The van der Waals surface area contributed by atoms with Gasteiger partial charge < -0.3 is 5.73 Å². The Labute approximate surface area is 116 Å². The van der Waals surface area contributed by atoms with Gasteiger partial charge in [-0.3, -0.25) is 0 Å². The summed E-state index contributed by atoms with van der Waals surface area (Å²) >= 11 is 1.51. The van der Waals surface area contributed by atoms with Gasteiger partial charge in [-0.2, -0.15) is 0 Å². The summed E-state index contributed by atoms with van der Waals surface area (Å²) in [6, 6.07) is 4.73. The Morgan fingerprint density at radius 2 is 2.21 bits per heavy atom. The van der Waals surface area contributed by atoms with Gasteiger partial charge in [-0.15, -0.1) is 11.3 Å². The number of sulfonamides is 1. The van der Waals surface area contributed by atoms with E-state index in [2.05, 4.69) is 9.71 Å². The maximum atomic E-state index is 12.0. The van der Waals surface area contributed by atoms with E-state index in [-0.39, 0.29) is 4.90 Å². The predicted octanol–water partition coefficient (Wildman–Crippen LogP) is 1.55. The quantitative estimate of drug-likeness (QED) is 0.820. The van der Waals surface area contributed by atoms with E-state index < -0.39 is 10.0 Å². The Hall–Kier alpha value is -1.44. The van der Waals surface area contributed by atoms with Crippen LogP contribution in [0.5, 0.6) is 0 Å². The number of anilines is 1. The molecule has 0 spiro atoms. The van der Waals surface area contributed by atoms with Gasteiger partial charge in [0.05, 0.1) is 9.90 Å². The van der Waals surface area contributed by atoms with Crippen LogP contribution >= 0.6 is 11.3 Å². The number of nitrogens with two attached hydrogens (primary N) is 1. The van der Waals surface area contributed by atoms with Crippen LogP contribution in [0.4, 0.5) is 5.69 Å². The van der Waals surface area contributed by atoms with E-state index >= 15 is 0 Å². The number of nitrogens with one attached hydrogen (secondary N) is 1. The fourth-order valence-electron chi connectivity index (χ4n) is 1.54. The molecule has 0 atom stereocenters. The average Bonchev–Trinajstić information content (AvgIpc) is 2.85. The Kier molecular flexibility index (Phi) is 4.18. The Morgan fingerprint density at radius 1 is 1.42 bits per heavy atom. The van der Waals surface area contributed by atoms with Gasteiger partial charge >= 0.3 is 0 Å². The first-order chi connectivity index (χ1) is 8.99. The van der Waals surface area contributed by atoms with Crippen molar-refractivity contribution in [2.45, 2.75) is 18.2 Å². The fraction of sp³-hybridized carbons (Fsp3) is 0.250. The molecule has 0 unspecified atom stereocenters. The minimum absolute atomic E-state index is 0.190. The molecule has 0 aliphatic heterocycles. The van der Waals surface area contributed by atoms with E-state index in [0.717, 1.165) is 10.6 Å². The molecule has 0 bridgehead atoms. The number of hydrogen-bond acceptors (Lipinski definition) is 5. The molecule has 1 heterocycles. The maximum Gasteiger partial charge on any atom is 0.240 e. The van der Waals surface area contributed by atoms with Crippen LogP contribution < -0.4 is 10.5 Å². The molecule has 19 heavy (non-hydrogen) atoms. The SMILES string of the molecule is Cc1ccc(S(=O)(=O)NCCc2nccs2)cc1N. The number of nitrogens with zero attached hydrogens (tertiary/aromatic N) is 1. The lowest BCUT2D eigenvalue weighted by Crippen LogP contribution is -2.26. The summed E-state index contributed by atoms with van der Waals surface area (Å²) in [7, 11) is -3.51. The zero-order valence-corrected chi connectivity index (χ0v) is 12.1. The predicted molar refractivity (Wildman–Crippen MR) is 76.6 cm³/mol. The van der Waals surface area contributed by atoms with E-state index in [9.17, 15) is 8.42 Å². The summed E-state index contributed by atoms with van der Waals surface area (Å²) < 4.78 is 26.6. The molecule has 7 heteroatoms. The van der Waals surface area contributed by atoms with Crippen molar-refractivity contribution in [3.05, 3.63) is 40.3 Å². The molecule has 1 aromatic heterocycles. The van der Waals surface area contributed by atoms with Gasteiger partial charge in [0, 0.05) is 30.2 Å². The normalized spacial score (nSPS) is 11.6. The van der Waals surface area contributed by atoms with Gasteiger partial charge in [-0.05, 0) is 24.6 Å². The maximum absolute atomic E-state index is 12.0. The van der Waals surface area contributed by atoms with Crippen molar-refractivity contribution in [1.29, 1.82) is 0 Å². The Morgan fingerprint density at radius 3 is 2.84 bits per heavy atom. The topological polar surface area (TPSA) is 85.1 Å². The van der Waals surface area contributed by atoms with E-state index in [0.29, 0.717) is 18.7 Å². The van der Waals surface area contributed by atoms with E-state index in [1.165, 1.54) is 17.4 Å². The van der Waals surface area contributed by atoms with Crippen molar-refractivity contribution in [3.63, 3.8) is 0 Å². The third-order valence-corrected chi connectivity index (χ3v) is 4.97. The summed E-state index contributed by atoms with van der Waals surface area (Å²) in [4.78, 5) is 4.29. The van der Waals surface area contributed by atoms with Gasteiger partial charge in [0.15, 0.2) is 0 Å². The smallest absolute Gasteiger partial charge is 0.240 e.